The van der Waals surface area contributed by atoms with Gasteiger partial charge in [0.1, 0.15) is 5.75 Å². The van der Waals surface area contributed by atoms with Crippen molar-refractivity contribution in [2.75, 3.05) is 51.7 Å². The minimum Gasteiger partial charge on any atom is -0.497 e. The predicted molar refractivity (Wildman–Crippen MR) is 88.7 cm³/mol. The second-order valence-corrected chi connectivity index (χ2v) is 5.38. The number of amides is 3. The number of benzene rings is 1. The van der Waals surface area contributed by atoms with Gasteiger partial charge in [-0.05, 0) is 31.2 Å². The number of ether oxygens (including phenoxy) is 1. The summed E-state index contributed by atoms with van der Waals surface area (Å²) in [5.74, 6) is 0.783. The van der Waals surface area contributed by atoms with Crippen LogP contribution in [0, 0.1) is 0 Å². The number of methoxy groups -OCH3 is 1. The number of piperazine rings is 1. The Bertz CT molecular complexity index is 525. The summed E-state index contributed by atoms with van der Waals surface area (Å²) >= 11 is 0. The first-order valence-corrected chi connectivity index (χ1v) is 7.81. The molecule has 0 spiro atoms. The Morgan fingerprint density at radius 3 is 2.35 bits per heavy atom. The van der Waals surface area contributed by atoms with E-state index >= 15 is 0 Å². The number of nitrogens with zero attached hydrogens (tertiary/aromatic N) is 2. The second-order valence-electron chi connectivity index (χ2n) is 5.38. The van der Waals surface area contributed by atoms with Crippen molar-refractivity contribution in [3.05, 3.63) is 24.3 Å². The number of hydrogen-bond acceptors (Lipinski definition) is 4. The summed E-state index contributed by atoms with van der Waals surface area (Å²) in [7, 11) is 1.61. The van der Waals surface area contributed by atoms with Gasteiger partial charge in [-0.3, -0.25) is 9.69 Å². The van der Waals surface area contributed by atoms with Crippen LogP contribution >= 0.6 is 0 Å². The Balaban J connectivity index is 1.77. The maximum absolute atomic E-state index is 12.2. The zero-order valence-electron chi connectivity index (χ0n) is 13.7. The van der Waals surface area contributed by atoms with Gasteiger partial charge in [0.2, 0.25) is 5.91 Å². The van der Waals surface area contributed by atoms with E-state index in [2.05, 4.69) is 15.5 Å². The highest BCUT2D eigenvalue weighted by Gasteiger charge is 2.22. The molecule has 7 nitrogen and oxygen atoms in total. The lowest BCUT2D eigenvalue weighted by Crippen LogP contribution is -2.52. The minimum absolute atomic E-state index is 0.0311. The summed E-state index contributed by atoms with van der Waals surface area (Å²) in [5, 5.41) is 5.66. The van der Waals surface area contributed by atoms with E-state index in [4.69, 9.17) is 4.74 Å². The lowest BCUT2D eigenvalue weighted by Gasteiger charge is -2.34. The summed E-state index contributed by atoms with van der Waals surface area (Å²) in [6.07, 6.45) is 0. The van der Waals surface area contributed by atoms with Crippen LogP contribution in [0.4, 0.5) is 10.5 Å². The molecule has 0 radical (unpaired) electrons. The van der Waals surface area contributed by atoms with E-state index in [-0.39, 0.29) is 11.9 Å². The zero-order valence-corrected chi connectivity index (χ0v) is 13.7. The van der Waals surface area contributed by atoms with Gasteiger partial charge in [-0.2, -0.15) is 0 Å². The molecule has 0 bridgehead atoms. The molecular formula is C16H24N4O3. The van der Waals surface area contributed by atoms with Crippen molar-refractivity contribution in [1.29, 1.82) is 0 Å². The zero-order chi connectivity index (χ0) is 16.7. The number of nitrogens with one attached hydrogen (secondary N) is 2. The number of carbonyl (C=O) groups excluding carboxylic acids is 2. The molecule has 7 heteroatoms. The SMILES string of the molecule is CCNC(=O)CN1CCN(C(=O)Nc2ccc(OC)cc2)CC1. The van der Waals surface area contributed by atoms with Crippen molar-refractivity contribution in [2.24, 2.45) is 0 Å². The molecule has 0 aliphatic carbocycles. The Labute approximate surface area is 136 Å². The van der Waals surface area contributed by atoms with E-state index in [0.29, 0.717) is 39.3 Å². The van der Waals surface area contributed by atoms with Crippen LogP contribution in [0.5, 0.6) is 5.75 Å². The second kappa shape index (κ2) is 8.38. The molecule has 0 saturated carbocycles. The van der Waals surface area contributed by atoms with Crippen molar-refractivity contribution >= 4 is 17.6 Å². The number of urea groups is 1. The van der Waals surface area contributed by atoms with E-state index in [0.717, 1.165) is 11.4 Å². The van der Waals surface area contributed by atoms with Gasteiger partial charge in [0.05, 0.1) is 13.7 Å². The molecule has 1 saturated heterocycles. The molecule has 1 aromatic rings. The third-order valence-electron chi connectivity index (χ3n) is 3.74. The lowest BCUT2D eigenvalue weighted by atomic mass is 10.3. The molecule has 2 N–H and O–H groups in total. The van der Waals surface area contributed by atoms with Gasteiger partial charge in [-0.25, -0.2) is 4.79 Å². The number of carbonyl (C=O) groups is 2. The van der Waals surface area contributed by atoms with Crippen LogP contribution < -0.4 is 15.4 Å². The molecule has 2 rings (SSSR count). The lowest BCUT2D eigenvalue weighted by molar-refractivity contribution is -0.122. The molecule has 0 unspecified atom stereocenters. The van der Waals surface area contributed by atoms with Crippen LogP contribution in [-0.2, 0) is 4.79 Å². The van der Waals surface area contributed by atoms with Crippen LogP contribution in [0.1, 0.15) is 6.92 Å². The topological polar surface area (TPSA) is 73.9 Å². The molecule has 0 aromatic heterocycles. The molecule has 0 atom stereocenters. The van der Waals surface area contributed by atoms with Crippen LogP contribution in [0.15, 0.2) is 24.3 Å². The highest BCUT2D eigenvalue weighted by Crippen LogP contribution is 2.15. The fourth-order valence-electron chi connectivity index (χ4n) is 2.44. The molecule has 126 valence electrons. The van der Waals surface area contributed by atoms with E-state index in [1.807, 2.05) is 19.1 Å². The quantitative estimate of drug-likeness (QED) is 0.848. The molecule has 1 aliphatic heterocycles. The first kappa shape index (κ1) is 17.1. The molecule has 1 aliphatic rings. The monoisotopic (exact) mass is 320 g/mol. The molecule has 1 fully saturated rings. The molecule has 1 heterocycles. The standard InChI is InChI=1S/C16H24N4O3/c1-3-17-15(21)12-19-8-10-20(11-9-19)16(22)18-13-4-6-14(23-2)7-5-13/h4-7H,3,8-12H2,1-2H3,(H,17,21)(H,18,22). The van der Waals surface area contributed by atoms with Crippen molar-refractivity contribution in [3.63, 3.8) is 0 Å². The normalized spacial score (nSPS) is 15.1. The number of likely N-dealkylation sites (N-methyl/N-ethyl adjacent to an activating group) is 1. The Morgan fingerprint density at radius 2 is 1.78 bits per heavy atom. The number of hydrogen-bond donors (Lipinski definition) is 2. The fraction of sp³-hybridized carbons (Fsp3) is 0.500. The van der Waals surface area contributed by atoms with Crippen molar-refractivity contribution in [1.82, 2.24) is 15.1 Å². The summed E-state index contributed by atoms with van der Waals surface area (Å²) in [6.45, 7) is 5.56. The van der Waals surface area contributed by atoms with Gasteiger partial charge in [0.15, 0.2) is 0 Å². The van der Waals surface area contributed by atoms with Gasteiger partial charge >= 0.3 is 6.03 Å². The van der Waals surface area contributed by atoms with E-state index in [1.165, 1.54) is 0 Å². The van der Waals surface area contributed by atoms with Crippen molar-refractivity contribution in [2.45, 2.75) is 6.92 Å². The molecule has 1 aromatic carbocycles. The fourth-order valence-corrected chi connectivity index (χ4v) is 2.44. The third kappa shape index (κ3) is 5.14. The average molecular weight is 320 g/mol. The van der Waals surface area contributed by atoms with E-state index < -0.39 is 0 Å². The Hall–Kier alpha value is -2.28. The van der Waals surface area contributed by atoms with Crippen LogP contribution in [0.3, 0.4) is 0 Å². The first-order valence-electron chi connectivity index (χ1n) is 7.81. The van der Waals surface area contributed by atoms with Crippen molar-refractivity contribution < 1.29 is 14.3 Å². The average Bonchev–Trinajstić information content (AvgIpc) is 2.56. The smallest absolute Gasteiger partial charge is 0.321 e. The molecule has 23 heavy (non-hydrogen) atoms. The summed E-state index contributed by atoms with van der Waals surface area (Å²) in [5.41, 5.74) is 0.737. The predicted octanol–water partition coefficient (Wildman–Crippen LogP) is 0.981. The number of anilines is 1. The molecule has 3 amide bonds. The Morgan fingerprint density at radius 1 is 1.13 bits per heavy atom. The summed E-state index contributed by atoms with van der Waals surface area (Å²) < 4.78 is 5.09. The molecular weight excluding hydrogens is 296 g/mol. The van der Waals surface area contributed by atoms with Gasteiger partial charge in [0.25, 0.3) is 0 Å². The minimum atomic E-state index is -0.118. The summed E-state index contributed by atoms with van der Waals surface area (Å²) in [4.78, 5) is 27.6. The van der Waals surface area contributed by atoms with E-state index in [9.17, 15) is 9.59 Å². The van der Waals surface area contributed by atoms with E-state index in [1.54, 1.807) is 24.1 Å². The highest BCUT2D eigenvalue weighted by atomic mass is 16.5. The Kier molecular flexibility index (Phi) is 6.22. The van der Waals surface area contributed by atoms with Crippen LogP contribution in [0.2, 0.25) is 0 Å². The largest absolute Gasteiger partial charge is 0.497 e. The van der Waals surface area contributed by atoms with Gasteiger partial charge in [-0.1, -0.05) is 0 Å². The van der Waals surface area contributed by atoms with Gasteiger partial charge in [-0.15, -0.1) is 0 Å². The first-order chi connectivity index (χ1) is 11.1. The van der Waals surface area contributed by atoms with Crippen molar-refractivity contribution in [3.8, 4) is 5.75 Å². The van der Waals surface area contributed by atoms with Crippen LogP contribution in [0.25, 0.3) is 0 Å². The third-order valence-corrected chi connectivity index (χ3v) is 3.74. The maximum atomic E-state index is 12.2. The van der Waals surface area contributed by atoms with Gasteiger partial charge in [0, 0.05) is 38.4 Å². The van der Waals surface area contributed by atoms with Gasteiger partial charge < -0.3 is 20.3 Å². The maximum Gasteiger partial charge on any atom is 0.321 e. The number of rotatable bonds is 5. The summed E-state index contributed by atoms with van der Waals surface area (Å²) in [6, 6.07) is 7.11. The highest BCUT2D eigenvalue weighted by molar-refractivity contribution is 5.89. The van der Waals surface area contributed by atoms with Crippen LogP contribution in [-0.4, -0.2) is 68.1 Å².